The number of sulfonamides is 1. The first-order chi connectivity index (χ1) is 13.2. The van der Waals surface area contributed by atoms with E-state index in [1.165, 1.54) is 5.56 Å². The zero-order valence-corrected chi connectivity index (χ0v) is 17.8. The lowest BCUT2D eigenvalue weighted by atomic mass is 9.70. The Bertz CT molecular complexity index is 829. The van der Waals surface area contributed by atoms with Crippen molar-refractivity contribution >= 4 is 15.8 Å². The zero-order chi connectivity index (χ0) is 20.0. The van der Waals surface area contributed by atoms with Crippen LogP contribution in [0.1, 0.15) is 51.5 Å². The number of Topliss-reactive ketones (excluding diaryl/α,β-unsaturated/α-hetero) is 1. The zero-order valence-electron chi connectivity index (χ0n) is 17.0. The van der Waals surface area contributed by atoms with E-state index in [-0.39, 0.29) is 23.0 Å². The van der Waals surface area contributed by atoms with Crippen molar-refractivity contribution in [3.05, 3.63) is 35.9 Å². The monoisotopic (exact) mass is 404 g/mol. The number of ketones is 1. The first-order valence-electron chi connectivity index (χ1n) is 10.5. The lowest BCUT2D eigenvalue weighted by Gasteiger charge is -2.37. The molecular weight excluding hydrogens is 372 g/mol. The number of carbonyl (C=O) groups excluding carboxylic acids is 1. The van der Waals surface area contributed by atoms with Crippen molar-refractivity contribution in [2.75, 3.05) is 18.8 Å². The van der Waals surface area contributed by atoms with E-state index in [9.17, 15) is 13.2 Å². The second kappa shape index (κ2) is 7.22. The topological polar surface area (TPSA) is 66.5 Å². The molecular formula is C22H32N2O3S. The predicted octanol–water partition coefficient (Wildman–Crippen LogP) is 2.97. The lowest BCUT2D eigenvalue weighted by molar-refractivity contribution is -0.128. The normalized spacial score (nSPS) is 30.8. The van der Waals surface area contributed by atoms with Crippen LogP contribution in [-0.2, 0) is 21.4 Å². The molecule has 6 heteroatoms. The minimum Gasteiger partial charge on any atom is -0.299 e. The van der Waals surface area contributed by atoms with Crippen LogP contribution in [0.15, 0.2) is 30.3 Å². The molecule has 0 radical (unpaired) electrons. The molecule has 2 bridgehead atoms. The van der Waals surface area contributed by atoms with E-state index in [0.717, 1.165) is 45.3 Å². The van der Waals surface area contributed by atoms with Gasteiger partial charge < -0.3 is 0 Å². The van der Waals surface area contributed by atoms with Gasteiger partial charge in [-0.1, -0.05) is 44.2 Å². The van der Waals surface area contributed by atoms with E-state index in [1.54, 1.807) is 0 Å². The first kappa shape index (κ1) is 20.0. The van der Waals surface area contributed by atoms with Gasteiger partial charge in [-0.25, -0.2) is 13.1 Å². The van der Waals surface area contributed by atoms with E-state index >= 15 is 0 Å². The predicted molar refractivity (Wildman–Crippen MR) is 110 cm³/mol. The maximum Gasteiger partial charge on any atom is 0.212 e. The summed E-state index contributed by atoms with van der Waals surface area (Å²) in [4.78, 5) is 15.0. The summed E-state index contributed by atoms with van der Waals surface area (Å²) in [5.74, 6) is 0.472. The highest BCUT2D eigenvalue weighted by atomic mass is 32.2. The molecule has 1 aromatic rings. The third-order valence-electron chi connectivity index (χ3n) is 7.76. The molecule has 2 aliphatic carbocycles. The molecule has 0 amide bonds. The van der Waals surface area contributed by atoms with Crippen molar-refractivity contribution in [3.63, 3.8) is 0 Å². The van der Waals surface area contributed by atoms with Crippen LogP contribution in [-0.4, -0.2) is 44.0 Å². The van der Waals surface area contributed by atoms with E-state index in [0.29, 0.717) is 12.3 Å². The van der Waals surface area contributed by atoms with Crippen molar-refractivity contribution in [1.29, 1.82) is 0 Å². The number of fused-ring (bicyclic) bond motifs is 2. The number of hydrogen-bond acceptors (Lipinski definition) is 4. The second-order valence-corrected chi connectivity index (χ2v) is 11.3. The Kier molecular flexibility index (Phi) is 5.17. The largest absolute Gasteiger partial charge is 0.299 e. The molecule has 1 heterocycles. The van der Waals surface area contributed by atoms with E-state index in [2.05, 4.69) is 47.7 Å². The first-order valence-corrected chi connectivity index (χ1v) is 12.2. The van der Waals surface area contributed by atoms with Gasteiger partial charge in [-0.05, 0) is 42.6 Å². The third-order valence-corrected chi connectivity index (χ3v) is 9.32. The van der Waals surface area contributed by atoms with Gasteiger partial charge in [-0.3, -0.25) is 9.69 Å². The molecule has 2 saturated carbocycles. The van der Waals surface area contributed by atoms with E-state index in [1.807, 2.05) is 6.07 Å². The number of rotatable bonds is 6. The van der Waals surface area contributed by atoms with Gasteiger partial charge in [0.05, 0.1) is 5.75 Å². The summed E-state index contributed by atoms with van der Waals surface area (Å²) in [6.45, 7) is 6.87. The van der Waals surface area contributed by atoms with Crippen LogP contribution in [0.5, 0.6) is 0 Å². The highest BCUT2D eigenvalue weighted by molar-refractivity contribution is 7.89. The fourth-order valence-corrected chi connectivity index (χ4v) is 7.93. The Hall–Kier alpha value is -1.24. The summed E-state index contributed by atoms with van der Waals surface area (Å²) in [7, 11) is -3.48. The van der Waals surface area contributed by atoms with Gasteiger partial charge >= 0.3 is 0 Å². The summed E-state index contributed by atoms with van der Waals surface area (Å²) in [5, 5.41) is 0. The Morgan fingerprint density at radius 3 is 2.36 bits per heavy atom. The average Bonchev–Trinajstić information content (AvgIpc) is 2.98. The summed E-state index contributed by atoms with van der Waals surface area (Å²) in [6, 6.07) is 10.4. The number of benzene rings is 1. The lowest BCUT2D eigenvalue weighted by Crippen LogP contribution is -2.49. The maximum absolute atomic E-state index is 13.0. The molecule has 2 unspecified atom stereocenters. The van der Waals surface area contributed by atoms with Crippen molar-refractivity contribution in [3.8, 4) is 0 Å². The summed E-state index contributed by atoms with van der Waals surface area (Å²) in [5.41, 5.74) is 0.397. The van der Waals surface area contributed by atoms with Crippen molar-refractivity contribution in [2.45, 2.75) is 58.5 Å². The molecule has 0 spiro atoms. The molecule has 28 heavy (non-hydrogen) atoms. The number of likely N-dealkylation sites (tertiary alicyclic amines) is 1. The highest BCUT2D eigenvalue weighted by Gasteiger charge is 2.65. The highest BCUT2D eigenvalue weighted by Crippen LogP contribution is 2.64. The van der Waals surface area contributed by atoms with Gasteiger partial charge in [0.2, 0.25) is 10.0 Å². The van der Waals surface area contributed by atoms with Crippen molar-refractivity contribution in [2.24, 2.45) is 16.7 Å². The van der Waals surface area contributed by atoms with Gasteiger partial charge in [-0.15, -0.1) is 0 Å². The SMILES string of the molecule is CC1(C)C2CCC1(CS(=O)(=O)NC1CCN(Cc3ccccc3)CC1)C(=O)C2. The molecule has 4 rings (SSSR count). The number of nitrogens with zero attached hydrogens (tertiary/aromatic N) is 1. The van der Waals surface area contributed by atoms with Crippen LogP contribution in [0.2, 0.25) is 0 Å². The Morgan fingerprint density at radius 2 is 1.79 bits per heavy atom. The quantitative estimate of drug-likeness (QED) is 0.792. The van der Waals surface area contributed by atoms with Crippen LogP contribution in [0.25, 0.3) is 0 Å². The van der Waals surface area contributed by atoms with E-state index in [4.69, 9.17) is 0 Å². The Labute approximate surface area is 168 Å². The number of nitrogens with one attached hydrogen (secondary N) is 1. The van der Waals surface area contributed by atoms with Crippen molar-refractivity contribution < 1.29 is 13.2 Å². The van der Waals surface area contributed by atoms with Gasteiger partial charge in [0.15, 0.2) is 0 Å². The van der Waals surface area contributed by atoms with Gasteiger partial charge in [0, 0.05) is 37.5 Å². The van der Waals surface area contributed by atoms with Crippen LogP contribution < -0.4 is 4.72 Å². The van der Waals surface area contributed by atoms with Gasteiger partial charge in [-0.2, -0.15) is 0 Å². The van der Waals surface area contributed by atoms with E-state index < -0.39 is 15.4 Å². The summed E-state index contributed by atoms with van der Waals surface area (Å²) in [6.07, 6.45) is 3.89. The minimum absolute atomic E-state index is 0.0229. The summed E-state index contributed by atoms with van der Waals surface area (Å²) >= 11 is 0. The second-order valence-electron chi connectivity index (χ2n) is 9.58. The van der Waals surface area contributed by atoms with Crippen molar-refractivity contribution in [1.82, 2.24) is 9.62 Å². The minimum atomic E-state index is -3.48. The molecule has 0 aromatic heterocycles. The van der Waals surface area contributed by atoms with Crippen LogP contribution in [0, 0.1) is 16.7 Å². The molecule has 1 aliphatic heterocycles. The smallest absolute Gasteiger partial charge is 0.212 e. The van der Waals surface area contributed by atoms with Gasteiger partial charge in [0.1, 0.15) is 5.78 Å². The molecule has 2 atom stereocenters. The molecule has 1 aromatic carbocycles. The van der Waals surface area contributed by atoms with Crippen LogP contribution in [0.3, 0.4) is 0 Å². The fourth-order valence-electron chi connectivity index (χ4n) is 5.78. The molecule has 1 N–H and O–H groups in total. The number of piperidine rings is 1. The number of hydrogen-bond donors (Lipinski definition) is 1. The summed E-state index contributed by atoms with van der Waals surface area (Å²) < 4.78 is 28.9. The number of carbonyl (C=O) groups is 1. The molecule has 1 saturated heterocycles. The van der Waals surface area contributed by atoms with Crippen LogP contribution >= 0.6 is 0 Å². The standard InChI is InChI=1S/C22H32N2O3S/c1-21(2)18-8-11-22(21,20(25)14-18)16-28(26,27)23-19-9-12-24(13-10-19)15-17-6-4-3-5-7-17/h3-7,18-19,23H,8-16H2,1-2H3. The Morgan fingerprint density at radius 1 is 1.11 bits per heavy atom. The van der Waals surface area contributed by atoms with Gasteiger partial charge in [0.25, 0.3) is 0 Å². The fraction of sp³-hybridized carbons (Fsp3) is 0.682. The molecule has 5 nitrogen and oxygen atoms in total. The maximum atomic E-state index is 13.0. The molecule has 3 fully saturated rings. The molecule has 3 aliphatic rings. The van der Waals surface area contributed by atoms with Crippen LogP contribution in [0.4, 0.5) is 0 Å². The average molecular weight is 405 g/mol. The Balaban J connectivity index is 1.34. The molecule has 154 valence electrons. The third kappa shape index (κ3) is 3.55.